The van der Waals surface area contributed by atoms with Crippen molar-refractivity contribution in [2.24, 2.45) is 0 Å². The molecule has 0 aromatic rings. The first kappa shape index (κ1) is 29.8. The van der Waals surface area contributed by atoms with E-state index in [1.165, 1.54) is 0 Å². The molecule has 8 unspecified atom stereocenters. The van der Waals surface area contributed by atoms with E-state index in [1.807, 2.05) is 6.92 Å². The van der Waals surface area contributed by atoms with Crippen molar-refractivity contribution in [1.29, 1.82) is 0 Å². The molecule has 10 heteroatoms. The second-order valence-corrected chi connectivity index (χ2v) is 6.95. The van der Waals surface area contributed by atoms with Crippen LogP contribution in [0.2, 0.25) is 0 Å². The van der Waals surface area contributed by atoms with Crippen LogP contribution >= 0.6 is 0 Å². The maximum atomic E-state index is 8.94. The summed E-state index contributed by atoms with van der Waals surface area (Å²) in [7, 11) is 0. The molecule has 0 aromatic heterocycles. The Morgan fingerprint density at radius 3 is 1.64 bits per heavy atom. The van der Waals surface area contributed by atoms with Crippen LogP contribution in [0.25, 0.3) is 0 Å². The first-order valence-electron chi connectivity index (χ1n) is 9.69. The molecule has 10 N–H and O–H groups in total. The van der Waals surface area contributed by atoms with Crippen LogP contribution in [0.15, 0.2) is 0 Å². The minimum absolute atomic E-state index is 0.267. The van der Waals surface area contributed by atoms with Gasteiger partial charge >= 0.3 is 0 Å². The third-order valence-corrected chi connectivity index (χ3v) is 4.37. The summed E-state index contributed by atoms with van der Waals surface area (Å²) in [6.45, 7) is 2.71. The van der Waals surface area contributed by atoms with Crippen LogP contribution in [-0.2, 0) is 0 Å². The third-order valence-electron chi connectivity index (χ3n) is 4.37. The van der Waals surface area contributed by atoms with E-state index in [2.05, 4.69) is 0 Å². The van der Waals surface area contributed by atoms with Crippen LogP contribution in [0.3, 0.4) is 0 Å². The van der Waals surface area contributed by atoms with Crippen molar-refractivity contribution < 1.29 is 51.1 Å². The van der Waals surface area contributed by atoms with E-state index in [9.17, 15) is 0 Å². The Morgan fingerprint density at radius 1 is 0.714 bits per heavy atom. The molecular weight excluding hydrogens is 376 g/mol. The lowest BCUT2D eigenvalue weighted by Gasteiger charge is -2.26. The zero-order chi connectivity index (χ0) is 22.3. The lowest BCUT2D eigenvalue weighted by Crippen LogP contribution is -2.38. The second kappa shape index (κ2) is 17.5. The van der Waals surface area contributed by atoms with Gasteiger partial charge in [0, 0.05) is 12.8 Å². The molecule has 0 spiro atoms. The van der Waals surface area contributed by atoms with E-state index in [4.69, 9.17) is 51.1 Å². The number of hydrogen-bond donors (Lipinski definition) is 10. The Morgan fingerprint density at radius 2 is 1.29 bits per heavy atom. The molecular formula is C18H40O10. The zero-order valence-electron chi connectivity index (χ0n) is 16.7. The first-order valence-corrected chi connectivity index (χ1v) is 9.69. The van der Waals surface area contributed by atoms with Gasteiger partial charge in [-0.3, -0.25) is 0 Å². The molecule has 8 atom stereocenters. The average Bonchev–Trinajstić information content (AvgIpc) is 2.69. The van der Waals surface area contributed by atoms with E-state index >= 15 is 0 Å². The normalized spacial score (nSPS) is 27.2. The molecule has 0 aromatic carbocycles. The summed E-state index contributed by atoms with van der Waals surface area (Å²) in [4.78, 5) is 0. The molecule has 0 saturated heterocycles. The number of aliphatic hydroxyl groups excluding tert-OH is 10. The van der Waals surface area contributed by atoms with E-state index in [0.717, 1.165) is 0 Å². The van der Waals surface area contributed by atoms with Crippen molar-refractivity contribution in [3.05, 3.63) is 0 Å². The standard InChI is InChI=1S/C6H14O4.C6H12O3.C6H14O3/c1-2-4(8)6(10)5(9)3-7;7-4-1-2-5(8)6(9)3-4;1-2-5(8)3-6(9)4-7/h4-10H,2-3H2,1H3;4-9H,1-3H2;5-9H,2-4H2,1H3. The molecule has 1 aliphatic carbocycles. The summed E-state index contributed by atoms with van der Waals surface area (Å²) in [6.07, 6.45) is -3.73. The number of hydrogen-bond acceptors (Lipinski definition) is 10. The van der Waals surface area contributed by atoms with Gasteiger partial charge in [0.2, 0.25) is 0 Å². The fourth-order valence-corrected chi connectivity index (χ4v) is 2.27. The lowest BCUT2D eigenvalue weighted by atomic mass is 9.93. The van der Waals surface area contributed by atoms with Gasteiger partial charge < -0.3 is 51.1 Å². The number of aliphatic hydroxyl groups is 10. The largest absolute Gasteiger partial charge is 0.394 e. The average molecular weight is 417 g/mol. The molecule has 0 radical (unpaired) electrons. The quantitative estimate of drug-likeness (QED) is 0.197. The second-order valence-electron chi connectivity index (χ2n) is 6.95. The fraction of sp³-hybridized carbons (Fsp3) is 1.00. The van der Waals surface area contributed by atoms with Gasteiger partial charge in [0.05, 0.1) is 49.8 Å². The minimum atomic E-state index is -1.24. The highest BCUT2D eigenvalue weighted by molar-refractivity contribution is 4.78. The maximum absolute atomic E-state index is 8.94. The summed E-state index contributed by atoms with van der Waals surface area (Å²) in [5.74, 6) is 0. The molecule has 1 rings (SSSR count). The van der Waals surface area contributed by atoms with Gasteiger partial charge in [-0.2, -0.15) is 0 Å². The predicted molar refractivity (Wildman–Crippen MR) is 101 cm³/mol. The molecule has 28 heavy (non-hydrogen) atoms. The highest BCUT2D eigenvalue weighted by atomic mass is 16.4. The number of rotatable bonds is 8. The monoisotopic (exact) mass is 416 g/mol. The van der Waals surface area contributed by atoms with E-state index in [0.29, 0.717) is 32.1 Å². The maximum Gasteiger partial charge on any atom is 0.108 e. The van der Waals surface area contributed by atoms with Crippen LogP contribution in [-0.4, -0.2) is 113 Å². The van der Waals surface area contributed by atoms with E-state index < -0.39 is 55.4 Å². The summed E-state index contributed by atoms with van der Waals surface area (Å²) >= 11 is 0. The van der Waals surface area contributed by atoms with Crippen molar-refractivity contribution in [2.75, 3.05) is 13.2 Å². The lowest BCUT2D eigenvalue weighted by molar-refractivity contribution is -0.0767. The van der Waals surface area contributed by atoms with Gasteiger partial charge in [-0.1, -0.05) is 13.8 Å². The van der Waals surface area contributed by atoms with Gasteiger partial charge in [0.15, 0.2) is 0 Å². The molecule has 1 fully saturated rings. The SMILES string of the molecule is CCC(O)C(O)C(O)CO.CCC(O)CC(O)CO.OC1CCC(O)C(O)C1. The fourth-order valence-electron chi connectivity index (χ4n) is 2.27. The topological polar surface area (TPSA) is 202 Å². The summed E-state index contributed by atoms with van der Waals surface area (Å²) in [5, 5.41) is 87.7. The Hall–Kier alpha value is -0.400. The Labute approximate surface area is 166 Å². The first-order chi connectivity index (χ1) is 13.0. The predicted octanol–water partition coefficient (Wildman–Crippen LogP) is -2.77. The van der Waals surface area contributed by atoms with Gasteiger partial charge in [0.25, 0.3) is 0 Å². The summed E-state index contributed by atoms with van der Waals surface area (Å²) < 4.78 is 0. The van der Waals surface area contributed by atoms with Crippen molar-refractivity contribution >= 4 is 0 Å². The van der Waals surface area contributed by atoms with Gasteiger partial charge in [-0.25, -0.2) is 0 Å². The van der Waals surface area contributed by atoms with Crippen molar-refractivity contribution in [3.8, 4) is 0 Å². The summed E-state index contributed by atoms with van der Waals surface area (Å²) in [6, 6.07) is 0. The smallest absolute Gasteiger partial charge is 0.108 e. The highest BCUT2D eigenvalue weighted by Crippen LogP contribution is 2.18. The van der Waals surface area contributed by atoms with Gasteiger partial charge in [0.1, 0.15) is 12.2 Å². The summed E-state index contributed by atoms with van der Waals surface area (Å²) in [5.41, 5.74) is 0. The molecule has 0 aliphatic heterocycles. The van der Waals surface area contributed by atoms with Crippen LogP contribution in [0.4, 0.5) is 0 Å². The molecule has 0 heterocycles. The zero-order valence-corrected chi connectivity index (χ0v) is 16.7. The van der Waals surface area contributed by atoms with E-state index in [1.54, 1.807) is 6.92 Å². The third kappa shape index (κ3) is 14.6. The van der Waals surface area contributed by atoms with Crippen LogP contribution in [0, 0.1) is 0 Å². The molecule has 0 amide bonds. The van der Waals surface area contributed by atoms with Crippen LogP contribution in [0.1, 0.15) is 52.4 Å². The molecule has 1 saturated carbocycles. The Balaban J connectivity index is 0. The van der Waals surface area contributed by atoms with Gasteiger partial charge in [-0.15, -0.1) is 0 Å². The Kier molecular flexibility index (Phi) is 18.6. The van der Waals surface area contributed by atoms with Crippen molar-refractivity contribution in [2.45, 2.75) is 101 Å². The molecule has 0 bridgehead atoms. The van der Waals surface area contributed by atoms with Gasteiger partial charge in [-0.05, 0) is 25.7 Å². The van der Waals surface area contributed by atoms with Crippen molar-refractivity contribution in [3.63, 3.8) is 0 Å². The molecule has 1 aliphatic rings. The Bertz CT molecular complexity index is 326. The van der Waals surface area contributed by atoms with Crippen LogP contribution < -0.4 is 0 Å². The highest BCUT2D eigenvalue weighted by Gasteiger charge is 2.25. The minimum Gasteiger partial charge on any atom is -0.394 e. The van der Waals surface area contributed by atoms with E-state index in [-0.39, 0.29) is 13.0 Å². The molecule has 172 valence electrons. The molecule has 10 nitrogen and oxygen atoms in total. The van der Waals surface area contributed by atoms with Crippen molar-refractivity contribution in [1.82, 2.24) is 0 Å². The van der Waals surface area contributed by atoms with Crippen LogP contribution in [0.5, 0.6) is 0 Å².